The van der Waals surface area contributed by atoms with Gasteiger partial charge in [-0.25, -0.2) is 0 Å². The standard InChI is InChI=1S/C11H15NO3/c1-2-11(15,9(12)10(13)14)8-6-4-3-5-7-8/h3-7,9,15H,2,12H2,1H3,(H,13,14). The maximum Gasteiger partial charge on any atom is 0.323 e. The molecule has 2 unspecified atom stereocenters. The van der Waals surface area contributed by atoms with Crippen LogP contribution < -0.4 is 5.73 Å². The first-order chi connectivity index (χ1) is 7.02. The number of rotatable bonds is 4. The second-order valence-corrected chi connectivity index (χ2v) is 3.46. The second kappa shape index (κ2) is 4.42. The quantitative estimate of drug-likeness (QED) is 0.681. The highest BCUT2D eigenvalue weighted by Crippen LogP contribution is 2.27. The first-order valence-electron chi connectivity index (χ1n) is 4.78. The second-order valence-electron chi connectivity index (χ2n) is 3.46. The molecule has 0 saturated heterocycles. The van der Waals surface area contributed by atoms with Crippen molar-refractivity contribution < 1.29 is 15.0 Å². The highest BCUT2D eigenvalue weighted by atomic mass is 16.4. The van der Waals surface area contributed by atoms with Crippen molar-refractivity contribution in [2.45, 2.75) is 25.0 Å². The predicted octanol–water partition coefficient (Wildman–Crippen LogP) is 0.696. The van der Waals surface area contributed by atoms with Crippen molar-refractivity contribution in [3.05, 3.63) is 35.9 Å². The van der Waals surface area contributed by atoms with Crippen LogP contribution in [0.5, 0.6) is 0 Å². The lowest BCUT2D eigenvalue weighted by atomic mass is 9.84. The molecule has 4 N–H and O–H groups in total. The van der Waals surface area contributed by atoms with E-state index in [0.29, 0.717) is 5.56 Å². The Hall–Kier alpha value is -1.39. The van der Waals surface area contributed by atoms with Gasteiger partial charge in [0.05, 0.1) is 0 Å². The molecule has 1 rings (SSSR count). The molecule has 0 aliphatic rings. The van der Waals surface area contributed by atoms with E-state index in [9.17, 15) is 9.90 Å². The molecule has 0 fully saturated rings. The SMILES string of the molecule is CCC(O)(c1ccccc1)C(N)C(=O)O. The molecule has 0 amide bonds. The van der Waals surface area contributed by atoms with E-state index in [0.717, 1.165) is 0 Å². The van der Waals surface area contributed by atoms with Gasteiger partial charge in [0.2, 0.25) is 0 Å². The van der Waals surface area contributed by atoms with Crippen molar-refractivity contribution in [2.75, 3.05) is 0 Å². The number of aliphatic carboxylic acids is 1. The molecule has 4 nitrogen and oxygen atoms in total. The summed E-state index contributed by atoms with van der Waals surface area (Å²) >= 11 is 0. The van der Waals surface area contributed by atoms with Crippen molar-refractivity contribution >= 4 is 5.97 Å². The van der Waals surface area contributed by atoms with E-state index in [-0.39, 0.29) is 6.42 Å². The molecule has 0 aromatic heterocycles. The topological polar surface area (TPSA) is 83.5 Å². The fraction of sp³-hybridized carbons (Fsp3) is 0.364. The molecule has 0 aliphatic heterocycles. The highest BCUT2D eigenvalue weighted by molar-refractivity contribution is 5.75. The zero-order chi connectivity index (χ0) is 11.5. The van der Waals surface area contributed by atoms with Gasteiger partial charge in [-0.2, -0.15) is 0 Å². The van der Waals surface area contributed by atoms with Crippen LogP contribution in [-0.2, 0) is 10.4 Å². The summed E-state index contributed by atoms with van der Waals surface area (Å²) in [5.41, 5.74) is 4.51. The van der Waals surface area contributed by atoms with Crippen LogP contribution in [0.3, 0.4) is 0 Å². The number of carboxylic acids is 1. The molecular formula is C11H15NO3. The monoisotopic (exact) mass is 209 g/mol. The summed E-state index contributed by atoms with van der Waals surface area (Å²) in [7, 11) is 0. The molecule has 0 bridgehead atoms. The zero-order valence-corrected chi connectivity index (χ0v) is 8.55. The van der Waals surface area contributed by atoms with Gasteiger partial charge in [0.15, 0.2) is 0 Å². The summed E-state index contributed by atoms with van der Waals surface area (Å²) in [5, 5.41) is 19.0. The summed E-state index contributed by atoms with van der Waals surface area (Å²) in [6, 6.07) is 7.31. The molecule has 0 radical (unpaired) electrons. The number of aliphatic hydroxyl groups is 1. The van der Waals surface area contributed by atoms with Crippen molar-refractivity contribution in [1.82, 2.24) is 0 Å². The Balaban J connectivity index is 3.11. The molecule has 0 saturated carbocycles. The zero-order valence-electron chi connectivity index (χ0n) is 8.55. The lowest BCUT2D eigenvalue weighted by Crippen LogP contribution is -2.50. The molecule has 0 aliphatic carbocycles. The Labute approximate surface area is 88.3 Å². The maximum absolute atomic E-state index is 10.8. The van der Waals surface area contributed by atoms with Crippen molar-refractivity contribution in [1.29, 1.82) is 0 Å². The lowest BCUT2D eigenvalue weighted by molar-refractivity contribution is -0.146. The van der Waals surface area contributed by atoms with Crippen LogP contribution in [0.25, 0.3) is 0 Å². The fourth-order valence-corrected chi connectivity index (χ4v) is 1.53. The number of carboxylic acid groups (broad SMARTS) is 1. The molecule has 82 valence electrons. The molecule has 0 spiro atoms. The summed E-state index contributed by atoms with van der Waals surface area (Å²) in [4.78, 5) is 10.8. The maximum atomic E-state index is 10.8. The lowest BCUT2D eigenvalue weighted by Gasteiger charge is -2.30. The molecule has 15 heavy (non-hydrogen) atoms. The van der Waals surface area contributed by atoms with E-state index in [1.807, 2.05) is 0 Å². The largest absolute Gasteiger partial charge is 0.480 e. The Morgan fingerprint density at radius 2 is 2.00 bits per heavy atom. The van der Waals surface area contributed by atoms with Crippen LogP contribution in [0.2, 0.25) is 0 Å². The van der Waals surface area contributed by atoms with E-state index in [1.54, 1.807) is 37.3 Å². The fourth-order valence-electron chi connectivity index (χ4n) is 1.53. The Morgan fingerprint density at radius 3 is 2.40 bits per heavy atom. The van der Waals surface area contributed by atoms with Crippen LogP contribution >= 0.6 is 0 Å². The predicted molar refractivity (Wildman–Crippen MR) is 56.2 cm³/mol. The van der Waals surface area contributed by atoms with Gasteiger partial charge in [-0.15, -0.1) is 0 Å². The first kappa shape index (κ1) is 11.7. The summed E-state index contributed by atoms with van der Waals surface area (Å²) in [5.74, 6) is -1.21. The Bertz CT molecular complexity index is 339. The molecule has 1 aromatic rings. The number of carbonyl (C=O) groups is 1. The summed E-state index contributed by atoms with van der Waals surface area (Å²) in [6.07, 6.45) is 0.254. The number of hydrogen-bond acceptors (Lipinski definition) is 3. The molecule has 4 heteroatoms. The van der Waals surface area contributed by atoms with Crippen LogP contribution in [0.15, 0.2) is 30.3 Å². The molecular weight excluding hydrogens is 194 g/mol. The van der Waals surface area contributed by atoms with Gasteiger partial charge in [0.25, 0.3) is 0 Å². The minimum absolute atomic E-state index is 0.254. The third-order valence-corrected chi connectivity index (χ3v) is 2.59. The van der Waals surface area contributed by atoms with Gasteiger partial charge >= 0.3 is 5.97 Å². The number of nitrogens with two attached hydrogens (primary N) is 1. The van der Waals surface area contributed by atoms with Crippen LogP contribution in [0.1, 0.15) is 18.9 Å². The van der Waals surface area contributed by atoms with Crippen LogP contribution in [0, 0.1) is 0 Å². The third-order valence-electron chi connectivity index (χ3n) is 2.59. The van der Waals surface area contributed by atoms with Gasteiger partial charge in [0.1, 0.15) is 11.6 Å². The van der Waals surface area contributed by atoms with Crippen molar-refractivity contribution in [3.8, 4) is 0 Å². The average Bonchev–Trinajstić information content (AvgIpc) is 2.28. The van der Waals surface area contributed by atoms with Gasteiger partial charge in [0, 0.05) is 0 Å². The Morgan fingerprint density at radius 1 is 1.47 bits per heavy atom. The van der Waals surface area contributed by atoms with Crippen molar-refractivity contribution in [3.63, 3.8) is 0 Å². The van der Waals surface area contributed by atoms with E-state index in [4.69, 9.17) is 10.8 Å². The van der Waals surface area contributed by atoms with Gasteiger partial charge in [-0.05, 0) is 12.0 Å². The molecule has 1 aromatic carbocycles. The smallest absolute Gasteiger partial charge is 0.323 e. The number of benzene rings is 1. The molecule has 2 atom stereocenters. The average molecular weight is 209 g/mol. The highest BCUT2D eigenvalue weighted by Gasteiger charge is 2.38. The van der Waals surface area contributed by atoms with Crippen LogP contribution in [0.4, 0.5) is 0 Å². The Kier molecular flexibility index (Phi) is 3.44. The summed E-state index contributed by atoms with van der Waals surface area (Å²) < 4.78 is 0. The van der Waals surface area contributed by atoms with E-state index >= 15 is 0 Å². The normalized spacial score (nSPS) is 16.7. The van der Waals surface area contributed by atoms with Crippen molar-refractivity contribution in [2.24, 2.45) is 5.73 Å². The minimum Gasteiger partial charge on any atom is -0.480 e. The van der Waals surface area contributed by atoms with Gasteiger partial charge in [-0.1, -0.05) is 37.3 Å². The minimum atomic E-state index is -1.51. The van der Waals surface area contributed by atoms with E-state index in [1.165, 1.54) is 0 Å². The van der Waals surface area contributed by atoms with Gasteiger partial charge in [-0.3, -0.25) is 4.79 Å². The van der Waals surface area contributed by atoms with Gasteiger partial charge < -0.3 is 15.9 Å². The van der Waals surface area contributed by atoms with E-state index in [2.05, 4.69) is 0 Å². The molecule has 0 heterocycles. The first-order valence-corrected chi connectivity index (χ1v) is 4.78. The number of hydrogen-bond donors (Lipinski definition) is 3. The third kappa shape index (κ3) is 2.16. The van der Waals surface area contributed by atoms with Crippen LogP contribution in [-0.4, -0.2) is 22.2 Å². The van der Waals surface area contributed by atoms with E-state index < -0.39 is 17.6 Å². The summed E-state index contributed by atoms with van der Waals surface area (Å²) in [6.45, 7) is 1.70.